The summed E-state index contributed by atoms with van der Waals surface area (Å²) in [6, 6.07) is 5.24. The first-order chi connectivity index (χ1) is 7.85. The maximum absolute atomic E-state index is 13.3. The van der Waals surface area contributed by atoms with Crippen molar-refractivity contribution in [1.29, 1.82) is 5.26 Å². The first-order valence-electron chi connectivity index (χ1n) is 5.42. The number of aryl methyl sites for hydroxylation is 1. The number of hydrogen-bond donors (Lipinski definition) is 1. The van der Waals surface area contributed by atoms with Crippen LogP contribution in [0.25, 0.3) is 0 Å². The minimum absolute atomic E-state index is 0.259. The summed E-state index contributed by atoms with van der Waals surface area (Å²) < 4.78 is 13.3. The molecule has 1 aromatic carbocycles. The number of hydrogen-bond acceptors (Lipinski definition) is 2. The fraction of sp³-hybridized carbons (Fsp3) is 0.462. The minimum Gasteiger partial charge on any atom is -0.311 e. The maximum Gasteiger partial charge on any atom is 0.126 e. The van der Waals surface area contributed by atoms with E-state index in [0.717, 1.165) is 0 Å². The van der Waals surface area contributed by atoms with Crippen LogP contribution in [0.3, 0.4) is 0 Å². The summed E-state index contributed by atoms with van der Waals surface area (Å²) in [4.78, 5) is 0. The fourth-order valence-electron chi connectivity index (χ4n) is 1.37. The van der Waals surface area contributed by atoms with Gasteiger partial charge in [0.25, 0.3) is 0 Å². The molecule has 0 aromatic heterocycles. The largest absolute Gasteiger partial charge is 0.311 e. The smallest absolute Gasteiger partial charge is 0.126 e. The van der Waals surface area contributed by atoms with Crippen LogP contribution in [0.1, 0.15) is 25.0 Å². The summed E-state index contributed by atoms with van der Waals surface area (Å²) in [5.74, 6) is -0.259. The Hall–Kier alpha value is -1.11. The van der Waals surface area contributed by atoms with Gasteiger partial charge in [0.1, 0.15) is 5.82 Å². The van der Waals surface area contributed by atoms with Gasteiger partial charge in [-0.25, -0.2) is 4.39 Å². The van der Waals surface area contributed by atoms with Gasteiger partial charge in [0, 0.05) is 18.1 Å². The summed E-state index contributed by atoms with van der Waals surface area (Å²) in [6.45, 7) is 6.36. The number of nitriles is 1. The summed E-state index contributed by atoms with van der Waals surface area (Å²) in [6.07, 6.45) is 0. The van der Waals surface area contributed by atoms with Crippen molar-refractivity contribution in [3.05, 3.63) is 34.1 Å². The van der Waals surface area contributed by atoms with Gasteiger partial charge in [-0.1, -0.05) is 11.6 Å². The second kappa shape index (κ2) is 5.48. The molecule has 1 N–H and O–H groups in total. The number of nitrogens with zero attached hydrogens (tertiary/aromatic N) is 1. The molecule has 0 amide bonds. The zero-order valence-electron chi connectivity index (χ0n) is 10.3. The Morgan fingerprint density at radius 1 is 1.47 bits per heavy atom. The summed E-state index contributed by atoms with van der Waals surface area (Å²) in [7, 11) is 0. The molecule has 0 heterocycles. The molecule has 0 atom stereocenters. The highest BCUT2D eigenvalue weighted by molar-refractivity contribution is 6.31. The van der Waals surface area contributed by atoms with Crippen LogP contribution in [0.2, 0.25) is 5.02 Å². The highest BCUT2D eigenvalue weighted by Gasteiger charge is 2.16. The normalized spacial score (nSPS) is 11.3. The van der Waals surface area contributed by atoms with Gasteiger partial charge in [-0.05, 0) is 44.0 Å². The summed E-state index contributed by atoms with van der Waals surface area (Å²) >= 11 is 6.01. The molecule has 1 rings (SSSR count). The standard InChI is InChI=1S/C13H16ClFN2/c1-9-4-11(14)10(5-12(9)15)6-17-8-13(2,3)7-16/h4-5,17H,6,8H2,1-3H3. The number of rotatable bonds is 4. The molecule has 0 radical (unpaired) electrons. The van der Waals surface area contributed by atoms with Gasteiger partial charge in [-0.2, -0.15) is 5.26 Å². The molecule has 0 unspecified atom stereocenters. The van der Waals surface area contributed by atoms with Crippen LogP contribution in [0.5, 0.6) is 0 Å². The average molecular weight is 255 g/mol. The third-order valence-electron chi connectivity index (χ3n) is 2.51. The molecule has 0 saturated heterocycles. The highest BCUT2D eigenvalue weighted by Crippen LogP contribution is 2.20. The Morgan fingerprint density at radius 2 is 2.12 bits per heavy atom. The van der Waals surface area contributed by atoms with E-state index in [2.05, 4.69) is 11.4 Å². The highest BCUT2D eigenvalue weighted by atomic mass is 35.5. The Labute approximate surface area is 106 Å². The van der Waals surface area contributed by atoms with Crippen LogP contribution >= 0.6 is 11.6 Å². The van der Waals surface area contributed by atoms with Gasteiger partial charge in [0.2, 0.25) is 0 Å². The van der Waals surface area contributed by atoms with Gasteiger partial charge in [-0.15, -0.1) is 0 Å². The average Bonchev–Trinajstić information content (AvgIpc) is 2.25. The predicted octanol–water partition coefficient (Wildman–Crippen LogP) is 3.43. The topological polar surface area (TPSA) is 35.8 Å². The lowest BCUT2D eigenvalue weighted by molar-refractivity contribution is 0.444. The van der Waals surface area contributed by atoms with Gasteiger partial charge in [0.05, 0.1) is 11.5 Å². The lowest BCUT2D eigenvalue weighted by Gasteiger charge is -2.16. The van der Waals surface area contributed by atoms with E-state index in [1.54, 1.807) is 13.0 Å². The van der Waals surface area contributed by atoms with Crippen LogP contribution < -0.4 is 5.32 Å². The number of nitrogens with one attached hydrogen (secondary N) is 1. The number of halogens is 2. The van der Waals surface area contributed by atoms with Gasteiger partial charge >= 0.3 is 0 Å². The zero-order chi connectivity index (χ0) is 13.1. The Morgan fingerprint density at radius 3 is 2.71 bits per heavy atom. The first kappa shape index (κ1) is 14.0. The third-order valence-corrected chi connectivity index (χ3v) is 2.86. The van der Waals surface area contributed by atoms with Crippen LogP contribution in [-0.2, 0) is 6.54 Å². The Kier molecular flexibility index (Phi) is 4.50. The van der Waals surface area contributed by atoms with E-state index < -0.39 is 5.41 Å². The van der Waals surface area contributed by atoms with Gasteiger partial charge < -0.3 is 5.32 Å². The lowest BCUT2D eigenvalue weighted by Crippen LogP contribution is -2.27. The van der Waals surface area contributed by atoms with Crippen molar-refractivity contribution in [2.24, 2.45) is 5.41 Å². The molecule has 4 heteroatoms. The Balaban J connectivity index is 2.65. The summed E-state index contributed by atoms with van der Waals surface area (Å²) in [5.41, 5.74) is 0.815. The molecule has 0 bridgehead atoms. The zero-order valence-corrected chi connectivity index (χ0v) is 11.0. The van der Waals surface area contributed by atoms with Crippen molar-refractivity contribution in [2.45, 2.75) is 27.3 Å². The monoisotopic (exact) mass is 254 g/mol. The molecule has 92 valence electrons. The lowest BCUT2D eigenvalue weighted by atomic mass is 9.96. The molecule has 0 fully saturated rings. The quantitative estimate of drug-likeness (QED) is 0.894. The van der Waals surface area contributed by atoms with Crippen molar-refractivity contribution >= 4 is 11.6 Å². The predicted molar refractivity (Wildman–Crippen MR) is 67.2 cm³/mol. The van der Waals surface area contributed by atoms with Crippen LogP contribution in [0, 0.1) is 29.5 Å². The molecule has 0 aliphatic rings. The second-order valence-corrected chi connectivity index (χ2v) is 5.20. The van der Waals surface area contributed by atoms with Crippen LogP contribution in [0.15, 0.2) is 12.1 Å². The van der Waals surface area contributed by atoms with E-state index in [1.165, 1.54) is 6.07 Å². The van der Waals surface area contributed by atoms with Crippen molar-refractivity contribution in [1.82, 2.24) is 5.32 Å². The SMILES string of the molecule is Cc1cc(Cl)c(CNCC(C)(C)C#N)cc1F. The molecule has 0 aliphatic carbocycles. The molecule has 17 heavy (non-hydrogen) atoms. The van der Waals surface area contributed by atoms with E-state index in [-0.39, 0.29) is 5.82 Å². The van der Waals surface area contributed by atoms with E-state index in [0.29, 0.717) is 29.2 Å². The van der Waals surface area contributed by atoms with E-state index in [4.69, 9.17) is 16.9 Å². The first-order valence-corrected chi connectivity index (χ1v) is 5.80. The third kappa shape index (κ3) is 3.99. The molecule has 2 nitrogen and oxygen atoms in total. The fourth-order valence-corrected chi connectivity index (χ4v) is 1.66. The molecule has 0 aliphatic heterocycles. The van der Waals surface area contributed by atoms with E-state index in [9.17, 15) is 4.39 Å². The van der Waals surface area contributed by atoms with E-state index in [1.807, 2.05) is 13.8 Å². The number of benzene rings is 1. The molecular formula is C13H16ClFN2. The van der Waals surface area contributed by atoms with Crippen LogP contribution in [-0.4, -0.2) is 6.54 Å². The summed E-state index contributed by atoms with van der Waals surface area (Å²) in [5, 5.41) is 12.5. The van der Waals surface area contributed by atoms with Crippen LogP contribution in [0.4, 0.5) is 4.39 Å². The maximum atomic E-state index is 13.3. The van der Waals surface area contributed by atoms with Crippen molar-refractivity contribution in [3.8, 4) is 6.07 Å². The molecule has 0 saturated carbocycles. The van der Waals surface area contributed by atoms with Gasteiger partial charge in [-0.3, -0.25) is 0 Å². The minimum atomic E-state index is -0.435. The van der Waals surface area contributed by atoms with Crippen molar-refractivity contribution in [2.75, 3.05) is 6.54 Å². The van der Waals surface area contributed by atoms with Crippen molar-refractivity contribution < 1.29 is 4.39 Å². The molecule has 1 aromatic rings. The molecular weight excluding hydrogens is 239 g/mol. The second-order valence-electron chi connectivity index (χ2n) is 4.79. The van der Waals surface area contributed by atoms with E-state index >= 15 is 0 Å². The van der Waals surface area contributed by atoms with Gasteiger partial charge in [0.15, 0.2) is 0 Å². The Bertz CT molecular complexity index is 449. The van der Waals surface area contributed by atoms with Crippen molar-refractivity contribution in [3.63, 3.8) is 0 Å². The molecule has 0 spiro atoms.